The van der Waals surface area contributed by atoms with Crippen LogP contribution in [0.1, 0.15) is 41.5 Å². The predicted octanol–water partition coefficient (Wildman–Crippen LogP) is 2.25. The Balaban J connectivity index is 1.53. The number of carbonyl (C=O) groups excluding carboxylic acids is 2. The Bertz CT molecular complexity index is 702. The van der Waals surface area contributed by atoms with E-state index in [1.165, 1.54) is 0 Å². The Morgan fingerprint density at radius 3 is 2.61 bits per heavy atom. The molecule has 0 atom stereocenters. The number of aryl methyl sites for hydroxylation is 1. The van der Waals surface area contributed by atoms with Gasteiger partial charge in [-0.05, 0) is 49.6 Å². The van der Waals surface area contributed by atoms with Crippen LogP contribution in [0.4, 0.5) is 5.69 Å². The minimum absolute atomic E-state index is 0.0631. The Morgan fingerprint density at radius 2 is 2.00 bits per heavy atom. The summed E-state index contributed by atoms with van der Waals surface area (Å²) in [4.78, 5) is 23.8. The highest BCUT2D eigenvalue weighted by Crippen LogP contribution is 2.30. The minimum Gasteiger partial charge on any atom is -0.346 e. The molecular weight excluding hydrogens is 292 g/mol. The molecule has 2 amide bonds. The van der Waals surface area contributed by atoms with Crippen molar-refractivity contribution < 1.29 is 9.59 Å². The van der Waals surface area contributed by atoms with Crippen molar-refractivity contribution in [3.63, 3.8) is 0 Å². The minimum atomic E-state index is -0.155. The summed E-state index contributed by atoms with van der Waals surface area (Å²) in [6.07, 6.45) is 2.80. The second kappa shape index (κ2) is 6.64. The van der Waals surface area contributed by atoms with Crippen molar-refractivity contribution in [2.24, 2.45) is 5.92 Å². The third-order valence-corrected chi connectivity index (χ3v) is 3.85. The fourth-order valence-electron chi connectivity index (χ4n) is 2.25. The van der Waals surface area contributed by atoms with Gasteiger partial charge in [-0.2, -0.15) is 5.10 Å². The summed E-state index contributed by atoms with van der Waals surface area (Å²) < 4.78 is 0. The van der Waals surface area contributed by atoms with E-state index in [1.54, 1.807) is 24.3 Å². The standard InChI is InChI=1S/C17H20N4O2/c1-2-13-9-15(21-20-13)10-18-16(22)11-5-7-14(8-6-11)19-17(23)12-3-4-12/h5-9,12H,2-4,10H2,1H3,(H,18,22)(H,19,23)(H,20,21). The van der Waals surface area contributed by atoms with E-state index in [9.17, 15) is 9.59 Å². The first-order valence-electron chi connectivity index (χ1n) is 7.88. The maximum Gasteiger partial charge on any atom is 0.251 e. The maximum atomic E-state index is 12.1. The van der Waals surface area contributed by atoms with Gasteiger partial charge in [0.15, 0.2) is 0 Å². The molecule has 0 spiro atoms. The number of carbonyl (C=O) groups is 2. The van der Waals surface area contributed by atoms with E-state index in [-0.39, 0.29) is 17.7 Å². The molecule has 3 N–H and O–H groups in total. The van der Waals surface area contributed by atoms with E-state index in [2.05, 4.69) is 20.8 Å². The fourth-order valence-corrected chi connectivity index (χ4v) is 2.25. The molecule has 1 heterocycles. The summed E-state index contributed by atoms with van der Waals surface area (Å²) in [5, 5.41) is 12.7. The highest BCUT2D eigenvalue weighted by molar-refractivity contribution is 5.96. The van der Waals surface area contributed by atoms with Gasteiger partial charge in [-0.15, -0.1) is 0 Å². The third-order valence-electron chi connectivity index (χ3n) is 3.85. The molecule has 120 valence electrons. The van der Waals surface area contributed by atoms with Gasteiger partial charge < -0.3 is 10.6 Å². The predicted molar refractivity (Wildman–Crippen MR) is 86.9 cm³/mol. The van der Waals surface area contributed by atoms with Crippen molar-refractivity contribution in [1.82, 2.24) is 15.5 Å². The zero-order chi connectivity index (χ0) is 16.2. The van der Waals surface area contributed by atoms with E-state index >= 15 is 0 Å². The van der Waals surface area contributed by atoms with Gasteiger partial charge in [0.2, 0.25) is 5.91 Å². The van der Waals surface area contributed by atoms with Crippen LogP contribution in [-0.4, -0.2) is 22.0 Å². The second-order valence-electron chi connectivity index (χ2n) is 5.76. The van der Waals surface area contributed by atoms with Gasteiger partial charge in [0.25, 0.3) is 5.91 Å². The number of aromatic nitrogens is 2. The number of anilines is 1. The quantitative estimate of drug-likeness (QED) is 0.764. The number of nitrogens with zero attached hydrogens (tertiary/aromatic N) is 1. The summed E-state index contributed by atoms with van der Waals surface area (Å²) in [6.45, 7) is 2.44. The summed E-state index contributed by atoms with van der Waals surface area (Å²) >= 11 is 0. The van der Waals surface area contributed by atoms with Crippen molar-refractivity contribution in [2.45, 2.75) is 32.7 Å². The zero-order valence-electron chi connectivity index (χ0n) is 13.1. The van der Waals surface area contributed by atoms with Crippen molar-refractivity contribution >= 4 is 17.5 Å². The van der Waals surface area contributed by atoms with Crippen LogP contribution in [0.2, 0.25) is 0 Å². The molecule has 6 nitrogen and oxygen atoms in total. The molecule has 1 fully saturated rings. The number of aromatic amines is 1. The number of amides is 2. The normalized spacial score (nSPS) is 13.6. The van der Waals surface area contributed by atoms with Gasteiger partial charge in [-0.25, -0.2) is 0 Å². The molecule has 6 heteroatoms. The Labute approximate surface area is 134 Å². The number of hydrogen-bond acceptors (Lipinski definition) is 3. The van der Waals surface area contributed by atoms with Gasteiger partial charge in [-0.3, -0.25) is 14.7 Å². The molecule has 3 rings (SSSR count). The van der Waals surface area contributed by atoms with Crippen molar-refractivity contribution in [1.29, 1.82) is 0 Å². The number of hydrogen-bond donors (Lipinski definition) is 3. The lowest BCUT2D eigenvalue weighted by Gasteiger charge is -2.06. The topological polar surface area (TPSA) is 86.9 Å². The van der Waals surface area contributed by atoms with E-state index in [4.69, 9.17) is 0 Å². The number of nitrogens with one attached hydrogen (secondary N) is 3. The Kier molecular flexibility index (Phi) is 4.41. The molecule has 2 aromatic rings. The average molecular weight is 312 g/mol. The van der Waals surface area contributed by atoms with Crippen LogP contribution in [0.5, 0.6) is 0 Å². The molecule has 1 aliphatic carbocycles. The van der Waals surface area contributed by atoms with Crippen molar-refractivity contribution in [3.8, 4) is 0 Å². The summed E-state index contributed by atoms with van der Waals surface area (Å²) in [7, 11) is 0. The first-order valence-corrected chi connectivity index (χ1v) is 7.88. The smallest absolute Gasteiger partial charge is 0.251 e. The van der Waals surface area contributed by atoms with Crippen LogP contribution in [0.15, 0.2) is 30.3 Å². The summed E-state index contributed by atoms with van der Waals surface area (Å²) in [6, 6.07) is 8.86. The number of H-pyrrole nitrogens is 1. The van der Waals surface area contributed by atoms with E-state index in [1.807, 2.05) is 13.0 Å². The Morgan fingerprint density at radius 1 is 1.26 bits per heavy atom. The van der Waals surface area contributed by atoms with Crippen LogP contribution in [0, 0.1) is 5.92 Å². The van der Waals surface area contributed by atoms with Crippen LogP contribution in [0.25, 0.3) is 0 Å². The van der Waals surface area contributed by atoms with E-state index < -0.39 is 0 Å². The molecule has 1 aliphatic rings. The first-order chi connectivity index (χ1) is 11.2. The molecular formula is C17H20N4O2. The van der Waals surface area contributed by atoms with Gasteiger partial charge in [0, 0.05) is 17.2 Å². The maximum absolute atomic E-state index is 12.1. The van der Waals surface area contributed by atoms with Crippen LogP contribution < -0.4 is 10.6 Å². The number of rotatable bonds is 6. The van der Waals surface area contributed by atoms with Gasteiger partial charge in [0.05, 0.1) is 17.9 Å². The third kappa shape index (κ3) is 3.97. The first kappa shape index (κ1) is 15.3. The molecule has 0 unspecified atom stereocenters. The largest absolute Gasteiger partial charge is 0.346 e. The van der Waals surface area contributed by atoms with Crippen LogP contribution >= 0.6 is 0 Å². The molecule has 0 bridgehead atoms. The molecule has 1 saturated carbocycles. The lowest BCUT2D eigenvalue weighted by Crippen LogP contribution is -2.23. The SMILES string of the molecule is CCc1cc(CNC(=O)c2ccc(NC(=O)C3CC3)cc2)[nH]n1. The monoisotopic (exact) mass is 312 g/mol. The molecule has 0 aliphatic heterocycles. The highest BCUT2D eigenvalue weighted by atomic mass is 16.2. The molecule has 23 heavy (non-hydrogen) atoms. The lowest BCUT2D eigenvalue weighted by molar-refractivity contribution is -0.117. The Hall–Kier alpha value is -2.63. The van der Waals surface area contributed by atoms with Crippen molar-refractivity contribution in [2.75, 3.05) is 5.32 Å². The molecule has 0 radical (unpaired) electrons. The van der Waals surface area contributed by atoms with Crippen LogP contribution in [0.3, 0.4) is 0 Å². The summed E-state index contributed by atoms with van der Waals surface area (Å²) in [5.74, 6) is 0.0753. The molecule has 1 aromatic heterocycles. The van der Waals surface area contributed by atoms with Gasteiger partial charge >= 0.3 is 0 Å². The van der Waals surface area contributed by atoms with Crippen LogP contribution in [-0.2, 0) is 17.8 Å². The van der Waals surface area contributed by atoms with E-state index in [0.717, 1.165) is 36.3 Å². The van der Waals surface area contributed by atoms with Gasteiger partial charge in [-0.1, -0.05) is 6.92 Å². The lowest BCUT2D eigenvalue weighted by atomic mass is 10.2. The highest BCUT2D eigenvalue weighted by Gasteiger charge is 2.29. The number of benzene rings is 1. The van der Waals surface area contributed by atoms with E-state index in [0.29, 0.717) is 12.1 Å². The molecule has 1 aromatic carbocycles. The van der Waals surface area contributed by atoms with Crippen molar-refractivity contribution in [3.05, 3.63) is 47.3 Å². The fraction of sp³-hybridized carbons (Fsp3) is 0.353. The average Bonchev–Trinajstić information content (AvgIpc) is 3.32. The van der Waals surface area contributed by atoms with Gasteiger partial charge in [0.1, 0.15) is 0 Å². The summed E-state index contributed by atoms with van der Waals surface area (Å²) in [5.41, 5.74) is 3.14. The zero-order valence-corrected chi connectivity index (χ0v) is 13.1. The molecule has 0 saturated heterocycles. The second-order valence-corrected chi connectivity index (χ2v) is 5.76.